The molecule has 0 fully saturated rings. The molecular weight excluding hydrogens is 384 g/mol. The fourth-order valence-electron chi connectivity index (χ4n) is 2.70. The fourth-order valence-corrected chi connectivity index (χ4v) is 2.70. The highest BCUT2D eigenvalue weighted by molar-refractivity contribution is 5.85. The number of nitrogens with zero attached hydrogens (tertiary/aromatic N) is 1. The third kappa shape index (κ3) is 11.3. The number of halogens is 5. The molecule has 1 N–H and O–H groups in total. The molecule has 0 aliphatic carbocycles. The highest BCUT2D eigenvalue weighted by Gasteiger charge is 2.32. The van der Waals surface area contributed by atoms with Gasteiger partial charge in [-0.15, -0.1) is 24.8 Å². The minimum Gasteiger partial charge on any atom is -0.313 e. The Balaban J connectivity index is 0. The maximum atomic E-state index is 12.9. The van der Waals surface area contributed by atoms with E-state index < -0.39 is 11.7 Å². The summed E-state index contributed by atoms with van der Waals surface area (Å²) in [5.41, 5.74) is -0.219. The quantitative estimate of drug-likeness (QED) is 0.424. The van der Waals surface area contributed by atoms with Crippen molar-refractivity contribution in [1.29, 1.82) is 0 Å². The van der Waals surface area contributed by atoms with Crippen LogP contribution in [0.15, 0.2) is 24.3 Å². The van der Waals surface area contributed by atoms with Gasteiger partial charge in [0.05, 0.1) is 5.56 Å². The molecule has 0 aliphatic rings. The Morgan fingerprint density at radius 1 is 0.885 bits per heavy atom. The zero-order valence-corrected chi connectivity index (χ0v) is 17.4. The molecule has 0 radical (unpaired) electrons. The summed E-state index contributed by atoms with van der Waals surface area (Å²) in [6.45, 7) is 8.63. The highest BCUT2D eigenvalue weighted by atomic mass is 35.5. The van der Waals surface area contributed by atoms with Gasteiger partial charge in [0, 0.05) is 6.54 Å². The smallest absolute Gasteiger partial charge is 0.313 e. The molecule has 0 atom stereocenters. The van der Waals surface area contributed by atoms with Crippen molar-refractivity contribution in [3.63, 3.8) is 0 Å². The number of hydrogen-bond acceptors (Lipinski definition) is 2. The number of hydrogen-bond donors (Lipinski definition) is 1. The number of alkyl halides is 3. The van der Waals surface area contributed by atoms with Crippen LogP contribution in [0.5, 0.6) is 0 Å². The second-order valence-corrected chi connectivity index (χ2v) is 6.23. The molecular formula is C19H33Cl2F3N2. The molecule has 154 valence electrons. The number of unbranched alkanes of at least 4 members (excludes halogenated alkanes) is 2. The molecule has 0 saturated heterocycles. The first kappa shape index (κ1) is 27.7. The molecule has 7 heteroatoms. The van der Waals surface area contributed by atoms with E-state index in [1.54, 1.807) is 12.1 Å². The van der Waals surface area contributed by atoms with E-state index in [0.717, 1.165) is 38.7 Å². The van der Waals surface area contributed by atoms with E-state index in [0.29, 0.717) is 5.56 Å². The Hall–Kier alpha value is -0.490. The van der Waals surface area contributed by atoms with Crippen LogP contribution in [-0.4, -0.2) is 31.1 Å². The second-order valence-electron chi connectivity index (χ2n) is 6.23. The minimum absolute atomic E-state index is 0. The third-order valence-corrected chi connectivity index (χ3v) is 4.12. The van der Waals surface area contributed by atoms with Gasteiger partial charge in [0.1, 0.15) is 0 Å². The summed E-state index contributed by atoms with van der Waals surface area (Å²) in [7, 11) is 0. The second kappa shape index (κ2) is 15.6. The first-order chi connectivity index (χ1) is 11.5. The average Bonchev–Trinajstić information content (AvgIpc) is 2.55. The largest absolute Gasteiger partial charge is 0.416 e. The summed E-state index contributed by atoms with van der Waals surface area (Å²) in [5.74, 6) is 0. The van der Waals surface area contributed by atoms with Crippen LogP contribution in [0.3, 0.4) is 0 Å². The van der Waals surface area contributed by atoms with Gasteiger partial charge in [-0.25, -0.2) is 0 Å². The van der Waals surface area contributed by atoms with Crippen LogP contribution in [0, 0.1) is 0 Å². The fraction of sp³-hybridized carbons (Fsp3) is 0.684. The van der Waals surface area contributed by atoms with Crippen molar-refractivity contribution in [2.24, 2.45) is 0 Å². The highest BCUT2D eigenvalue weighted by Crippen LogP contribution is 2.31. The summed E-state index contributed by atoms with van der Waals surface area (Å²) in [6.07, 6.45) is 1.47. The summed E-state index contributed by atoms with van der Waals surface area (Å²) < 4.78 is 38.8. The summed E-state index contributed by atoms with van der Waals surface area (Å²) in [4.78, 5) is 2.47. The number of nitrogens with one attached hydrogen (secondary N) is 1. The summed E-state index contributed by atoms with van der Waals surface area (Å²) >= 11 is 0. The standard InChI is InChI=1S/C19H31F3N2.2ClH/c1-3-5-13-24(14-6-4-2)15-9-12-23-16-17-10-7-8-11-18(17)19(20,21)22;;/h7-8,10-11,23H,3-6,9,12-16H2,1-2H3;2*1H. The lowest BCUT2D eigenvalue weighted by Gasteiger charge is -2.22. The lowest BCUT2D eigenvalue weighted by molar-refractivity contribution is -0.138. The van der Waals surface area contributed by atoms with Gasteiger partial charge in [-0.1, -0.05) is 44.9 Å². The molecule has 26 heavy (non-hydrogen) atoms. The lowest BCUT2D eigenvalue weighted by Crippen LogP contribution is -2.29. The molecule has 0 saturated carbocycles. The van der Waals surface area contributed by atoms with Crippen molar-refractivity contribution in [3.8, 4) is 0 Å². The van der Waals surface area contributed by atoms with Crippen LogP contribution in [0.2, 0.25) is 0 Å². The molecule has 0 spiro atoms. The van der Waals surface area contributed by atoms with Crippen LogP contribution in [0.1, 0.15) is 57.1 Å². The van der Waals surface area contributed by atoms with E-state index in [1.165, 1.54) is 31.7 Å². The zero-order chi connectivity index (χ0) is 17.8. The van der Waals surface area contributed by atoms with Gasteiger partial charge in [0.15, 0.2) is 0 Å². The van der Waals surface area contributed by atoms with Crippen LogP contribution >= 0.6 is 24.8 Å². The average molecular weight is 417 g/mol. The van der Waals surface area contributed by atoms with E-state index in [4.69, 9.17) is 0 Å². The normalized spacial score (nSPS) is 11.2. The minimum atomic E-state index is -4.28. The summed E-state index contributed by atoms with van der Waals surface area (Å²) in [5, 5.41) is 3.16. The molecule has 0 heterocycles. The molecule has 0 unspecified atom stereocenters. The van der Waals surface area contributed by atoms with Crippen LogP contribution < -0.4 is 5.32 Å². The lowest BCUT2D eigenvalue weighted by atomic mass is 10.1. The van der Waals surface area contributed by atoms with Crippen molar-refractivity contribution in [3.05, 3.63) is 35.4 Å². The van der Waals surface area contributed by atoms with Gasteiger partial charge in [-0.2, -0.15) is 13.2 Å². The van der Waals surface area contributed by atoms with E-state index >= 15 is 0 Å². The summed E-state index contributed by atoms with van der Waals surface area (Å²) in [6, 6.07) is 5.79. The van der Waals surface area contributed by atoms with Gasteiger partial charge < -0.3 is 10.2 Å². The van der Waals surface area contributed by atoms with Crippen molar-refractivity contribution in [2.75, 3.05) is 26.2 Å². The van der Waals surface area contributed by atoms with Crippen molar-refractivity contribution in [2.45, 2.75) is 58.7 Å². The van der Waals surface area contributed by atoms with E-state index in [2.05, 4.69) is 24.1 Å². The SMILES string of the molecule is CCCCN(CCCC)CCCNCc1ccccc1C(F)(F)F.Cl.Cl. The molecule has 0 bridgehead atoms. The van der Waals surface area contributed by atoms with Gasteiger partial charge in [-0.3, -0.25) is 0 Å². The van der Waals surface area contributed by atoms with Crippen molar-refractivity contribution in [1.82, 2.24) is 10.2 Å². The molecule has 0 amide bonds. The first-order valence-electron chi connectivity index (χ1n) is 9.07. The Bertz CT molecular complexity index is 449. The van der Waals surface area contributed by atoms with Gasteiger partial charge in [-0.05, 0) is 57.1 Å². The monoisotopic (exact) mass is 416 g/mol. The van der Waals surface area contributed by atoms with Gasteiger partial charge >= 0.3 is 6.18 Å². The number of benzene rings is 1. The third-order valence-electron chi connectivity index (χ3n) is 4.12. The van der Waals surface area contributed by atoms with Crippen LogP contribution in [0.25, 0.3) is 0 Å². The molecule has 1 rings (SSSR count). The Morgan fingerprint density at radius 3 is 1.96 bits per heavy atom. The molecule has 0 aliphatic heterocycles. The van der Waals surface area contributed by atoms with Crippen LogP contribution in [0.4, 0.5) is 13.2 Å². The first-order valence-corrected chi connectivity index (χ1v) is 9.07. The molecule has 0 aromatic heterocycles. The Morgan fingerprint density at radius 2 is 1.42 bits per heavy atom. The molecule has 1 aromatic carbocycles. The predicted molar refractivity (Wildman–Crippen MR) is 109 cm³/mol. The maximum absolute atomic E-state index is 12.9. The zero-order valence-electron chi connectivity index (χ0n) is 15.8. The van der Waals surface area contributed by atoms with Crippen LogP contribution in [-0.2, 0) is 12.7 Å². The Labute approximate surface area is 168 Å². The van der Waals surface area contributed by atoms with Gasteiger partial charge in [0.25, 0.3) is 0 Å². The van der Waals surface area contributed by atoms with E-state index in [9.17, 15) is 13.2 Å². The topological polar surface area (TPSA) is 15.3 Å². The van der Waals surface area contributed by atoms with E-state index in [-0.39, 0.29) is 31.4 Å². The molecule has 2 nitrogen and oxygen atoms in total. The van der Waals surface area contributed by atoms with Crippen molar-refractivity contribution < 1.29 is 13.2 Å². The number of rotatable bonds is 12. The van der Waals surface area contributed by atoms with Crippen molar-refractivity contribution >= 4 is 24.8 Å². The van der Waals surface area contributed by atoms with Gasteiger partial charge in [0.2, 0.25) is 0 Å². The molecule has 1 aromatic rings. The Kier molecular flexibility index (Phi) is 16.6. The predicted octanol–water partition coefficient (Wildman–Crippen LogP) is 5.93. The van der Waals surface area contributed by atoms with E-state index in [1.807, 2.05) is 0 Å². The maximum Gasteiger partial charge on any atom is 0.416 e.